The third-order valence-electron chi connectivity index (χ3n) is 3.07. The molecule has 2 aromatic rings. The molecule has 1 aromatic heterocycles. The second-order valence-corrected chi connectivity index (χ2v) is 5.91. The molecule has 0 radical (unpaired) electrons. The zero-order valence-electron chi connectivity index (χ0n) is 12.3. The Hall–Kier alpha value is -2.21. The molecular weight excluding hydrogens is 288 g/mol. The fourth-order valence-corrected chi connectivity index (χ4v) is 2.64. The van der Waals surface area contributed by atoms with Gasteiger partial charge in [-0.1, -0.05) is 6.07 Å². The van der Waals surface area contributed by atoms with E-state index in [1.165, 1.54) is 18.4 Å². The highest BCUT2D eigenvalue weighted by molar-refractivity contribution is 7.13. The number of amides is 1. The van der Waals surface area contributed by atoms with Crippen LogP contribution in [0.2, 0.25) is 0 Å². The molecule has 0 aliphatic rings. The summed E-state index contributed by atoms with van der Waals surface area (Å²) in [6.45, 7) is 5.55. The molecule has 0 atom stereocenters. The zero-order chi connectivity index (χ0) is 15.6. The minimum absolute atomic E-state index is 0.233. The Morgan fingerprint density at radius 2 is 1.90 bits per heavy atom. The van der Waals surface area contributed by atoms with Crippen molar-refractivity contribution in [3.8, 4) is 0 Å². The number of anilines is 1. The molecule has 0 unspecified atom stereocenters. The molecule has 2 rings (SSSR count). The molecule has 0 fully saturated rings. The SMILES string of the molecule is COC(=O)c1cc(NC(=O)c2cnc(C)s2)c(C)cc1C. The molecule has 6 heteroatoms. The summed E-state index contributed by atoms with van der Waals surface area (Å²) < 4.78 is 4.75. The van der Waals surface area contributed by atoms with Crippen molar-refractivity contribution in [1.29, 1.82) is 0 Å². The first-order valence-corrected chi connectivity index (χ1v) is 7.17. The maximum atomic E-state index is 12.2. The summed E-state index contributed by atoms with van der Waals surface area (Å²) in [5.74, 6) is -0.653. The maximum Gasteiger partial charge on any atom is 0.338 e. The molecule has 1 amide bonds. The molecule has 0 spiro atoms. The highest BCUT2D eigenvalue weighted by atomic mass is 32.1. The molecule has 0 aliphatic heterocycles. The van der Waals surface area contributed by atoms with E-state index in [2.05, 4.69) is 10.3 Å². The van der Waals surface area contributed by atoms with Crippen molar-refractivity contribution in [2.24, 2.45) is 0 Å². The van der Waals surface area contributed by atoms with Gasteiger partial charge in [-0.3, -0.25) is 4.79 Å². The van der Waals surface area contributed by atoms with Crippen LogP contribution >= 0.6 is 11.3 Å². The lowest BCUT2D eigenvalue weighted by Gasteiger charge is -2.11. The van der Waals surface area contributed by atoms with E-state index in [4.69, 9.17) is 4.74 Å². The van der Waals surface area contributed by atoms with E-state index in [-0.39, 0.29) is 5.91 Å². The van der Waals surface area contributed by atoms with E-state index in [1.54, 1.807) is 12.3 Å². The molecule has 0 bridgehead atoms. The van der Waals surface area contributed by atoms with E-state index in [1.807, 2.05) is 26.8 Å². The lowest BCUT2D eigenvalue weighted by Crippen LogP contribution is -2.13. The van der Waals surface area contributed by atoms with Gasteiger partial charge in [0.1, 0.15) is 4.88 Å². The van der Waals surface area contributed by atoms with Gasteiger partial charge in [0.2, 0.25) is 0 Å². The largest absolute Gasteiger partial charge is 0.465 e. The first-order chi connectivity index (χ1) is 9.92. The number of ether oxygens (including phenoxy) is 1. The molecule has 1 aromatic carbocycles. The minimum Gasteiger partial charge on any atom is -0.465 e. The van der Waals surface area contributed by atoms with Crippen LogP contribution < -0.4 is 5.32 Å². The second-order valence-electron chi connectivity index (χ2n) is 4.67. The average Bonchev–Trinajstić information content (AvgIpc) is 2.87. The standard InChI is InChI=1S/C15H16N2O3S/c1-8-5-9(2)12(6-11(8)15(19)20-4)17-14(18)13-7-16-10(3)21-13/h5-7H,1-4H3,(H,17,18). The number of benzene rings is 1. The van der Waals surface area contributed by atoms with Crippen molar-refractivity contribution in [1.82, 2.24) is 4.98 Å². The molecule has 1 heterocycles. The van der Waals surface area contributed by atoms with Crippen molar-refractivity contribution in [3.63, 3.8) is 0 Å². The highest BCUT2D eigenvalue weighted by Crippen LogP contribution is 2.23. The lowest BCUT2D eigenvalue weighted by molar-refractivity contribution is 0.0599. The molecule has 0 aliphatic carbocycles. The summed E-state index contributed by atoms with van der Waals surface area (Å²) in [6.07, 6.45) is 1.54. The number of esters is 1. The smallest absolute Gasteiger partial charge is 0.338 e. The van der Waals surface area contributed by atoms with Gasteiger partial charge in [-0.05, 0) is 38.0 Å². The Labute approximate surface area is 127 Å². The van der Waals surface area contributed by atoms with Gasteiger partial charge >= 0.3 is 5.97 Å². The van der Waals surface area contributed by atoms with Crippen LogP contribution in [0, 0.1) is 20.8 Å². The number of nitrogens with one attached hydrogen (secondary N) is 1. The topological polar surface area (TPSA) is 68.3 Å². The number of hydrogen-bond donors (Lipinski definition) is 1. The van der Waals surface area contributed by atoms with Crippen LogP contribution in [0.1, 0.15) is 36.2 Å². The molecule has 0 saturated carbocycles. The fourth-order valence-electron chi connectivity index (χ4n) is 1.97. The van der Waals surface area contributed by atoms with E-state index >= 15 is 0 Å². The summed E-state index contributed by atoms with van der Waals surface area (Å²) in [6, 6.07) is 3.49. The number of hydrogen-bond acceptors (Lipinski definition) is 5. The number of rotatable bonds is 3. The Bertz CT molecular complexity index is 707. The van der Waals surface area contributed by atoms with Gasteiger partial charge in [-0.15, -0.1) is 11.3 Å². The van der Waals surface area contributed by atoms with Gasteiger partial charge in [-0.2, -0.15) is 0 Å². The Morgan fingerprint density at radius 1 is 1.19 bits per heavy atom. The fraction of sp³-hybridized carbons (Fsp3) is 0.267. The van der Waals surface area contributed by atoms with Gasteiger partial charge < -0.3 is 10.1 Å². The Kier molecular flexibility index (Phi) is 4.37. The summed E-state index contributed by atoms with van der Waals surface area (Å²) in [7, 11) is 1.33. The van der Waals surface area contributed by atoms with Crippen molar-refractivity contribution < 1.29 is 14.3 Å². The van der Waals surface area contributed by atoms with Crippen LogP contribution in [0.4, 0.5) is 5.69 Å². The normalized spacial score (nSPS) is 10.3. The molecule has 110 valence electrons. The van der Waals surface area contributed by atoms with Gasteiger partial charge in [0.15, 0.2) is 0 Å². The van der Waals surface area contributed by atoms with Crippen LogP contribution in [0.5, 0.6) is 0 Å². The van der Waals surface area contributed by atoms with Crippen molar-refractivity contribution in [3.05, 3.63) is 44.9 Å². The van der Waals surface area contributed by atoms with Gasteiger partial charge in [0.05, 0.1) is 23.9 Å². The molecule has 0 saturated heterocycles. The number of aromatic nitrogens is 1. The number of carbonyl (C=O) groups excluding carboxylic acids is 2. The van der Waals surface area contributed by atoms with E-state index in [0.717, 1.165) is 16.1 Å². The van der Waals surface area contributed by atoms with E-state index in [9.17, 15) is 9.59 Å². The predicted molar refractivity (Wildman–Crippen MR) is 82.1 cm³/mol. The highest BCUT2D eigenvalue weighted by Gasteiger charge is 2.15. The van der Waals surface area contributed by atoms with Crippen molar-refractivity contribution in [2.75, 3.05) is 12.4 Å². The summed E-state index contributed by atoms with van der Waals surface area (Å²) in [4.78, 5) is 28.5. The van der Waals surface area contributed by atoms with Gasteiger partial charge in [-0.25, -0.2) is 9.78 Å². The number of nitrogens with zero attached hydrogens (tertiary/aromatic N) is 1. The molecule has 5 nitrogen and oxygen atoms in total. The first kappa shape index (κ1) is 15.2. The average molecular weight is 304 g/mol. The quantitative estimate of drug-likeness (QED) is 0.885. The number of thiazole rings is 1. The van der Waals surface area contributed by atoms with Gasteiger partial charge in [0, 0.05) is 5.69 Å². The monoisotopic (exact) mass is 304 g/mol. The minimum atomic E-state index is -0.420. The van der Waals surface area contributed by atoms with Crippen LogP contribution in [0.15, 0.2) is 18.3 Å². The molecule has 1 N–H and O–H groups in total. The van der Waals surface area contributed by atoms with Crippen LogP contribution in [-0.4, -0.2) is 24.0 Å². The lowest BCUT2D eigenvalue weighted by atomic mass is 10.0. The first-order valence-electron chi connectivity index (χ1n) is 6.35. The number of methoxy groups -OCH3 is 1. The predicted octanol–water partition coefficient (Wildman–Crippen LogP) is 3.11. The zero-order valence-corrected chi connectivity index (χ0v) is 13.1. The summed E-state index contributed by atoms with van der Waals surface area (Å²) in [5, 5.41) is 3.64. The van der Waals surface area contributed by atoms with Gasteiger partial charge in [0.25, 0.3) is 5.91 Å². The number of aryl methyl sites for hydroxylation is 3. The Morgan fingerprint density at radius 3 is 2.48 bits per heavy atom. The van der Waals surface area contributed by atoms with Crippen molar-refractivity contribution in [2.45, 2.75) is 20.8 Å². The molecule has 21 heavy (non-hydrogen) atoms. The molecular formula is C15H16N2O3S. The number of carbonyl (C=O) groups is 2. The van der Waals surface area contributed by atoms with Crippen LogP contribution in [0.25, 0.3) is 0 Å². The van der Waals surface area contributed by atoms with Crippen LogP contribution in [0.3, 0.4) is 0 Å². The van der Waals surface area contributed by atoms with Crippen LogP contribution in [-0.2, 0) is 4.74 Å². The van der Waals surface area contributed by atoms with E-state index in [0.29, 0.717) is 16.1 Å². The maximum absolute atomic E-state index is 12.2. The van der Waals surface area contributed by atoms with E-state index < -0.39 is 5.97 Å². The second kappa shape index (κ2) is 6.05. The van der Waals surface area contributed by atoms with Crippen molar-refractivity contribution >= 4 is 28.9 Å². The third kappa shape index (κ3) is 3.28. The summed E-state index contributed by atoms with van der Waals surface area (Å²) >= 11 is 1.32. The third-order valence-corrected chi connectivity index (χ3v) is 3.98. The summed E-state index contributed by atoms with van der Waals surface area (Å²) in [5.41, 5.74) is 2.73. The Balaban J connectivity index is 2.31.